The SMILES string of the molecule is Cc1c(F)cccc1[C@H](C)[NH3+]. The van der Waals surface area contributed by atoms with Gasteiger partial charge in [-0.3, -0.25) is 0 Å². The Morgan fingerprint density at radius 3 is 2.55 bits per heavy atom. The van der Waals surface area contributed by atoms with Crippen LogP contribution in [-0.4, -0.2) is 0 Å². The number of quaternary nitrogens is 1. The lowest BCUT2D eigenvalue weighted by Crippen LogP contribution is -2.52. The molecule has 0 spiro atoms. The lowest BCUT2D eigenvalue weighted by atomic mass is 10.0. The summed E-state index contributed by atoms with van der Waals surface area (Å²) in [6.07, 6.45) is 0. The second kappa shape index (κ2) is 3.01. The van der Waals surface area contributed by atoms with Crippen LogP contribution in [0.15, 0.2) is 18.2 Å². The Kier molecular flexibility index (Phi) is 2.25. The summed E-state index contributed by atoms with van der Waals surface area (Å²) in [7, 11) is 0. The molecule has 1 aromatic rings. The van der Waals surface area contributed by atoms with Gasteiger partial charge in [-0.2, -0.15) is 0 Å². The summed E-state index contributed by atoms with van der Waals surface area (Å²) in [6, 6.07) is 5.27. The Bertz CT molecular complexity index is 256. The third-order valence-electron chi connectivity index (χ3n) is 1.84. The van der Waals surface area contributed by atoms with Gasteiger partial charge in [0.05, 0.1) is 0 Å². The van der Waals surface area contributed by atoms with Crippen LogP contribution in [0.4, 0.5) is 4.39 Å². The van der Waals surface area contributed by atoms with E-state index >= 15 is 0 Å². The van der Waals surface area contributed by atoms with Gasteiger partial charge in [0, 0.05) is 5.56 Å². The molecule has 0 heterocycles. The highest BCUT2D eigenvalue weighted by atomic mass is 19.1. The zero-order valence-corrected chi connectivity index (χ0v) is 6.89. The van der Waals surface area contributed by atoms with Crippen LogP contribution in [0, 0.1) is 12.7 Å². The average molecular weight is 154 g/mol. The fourth-order valence-electron chi connectivity index (χ4n) is 1.16. The topological polar surface area (TPSA) is 27.6 Å². The second-order valence-electron chi connectivity index (χ2n) is 2.86. The van der Waals surface area contributed by atoms with Crippen molar-refractivity contribution in [2.24, 2.45) is 0 Å². The van der Waals surface area contributed by atoms with E-state index in [1.807, 2.05) is 13.0 Å². The first-order valence-electron chi connectivity index (χ1n) is 3.71. The van der Waals surface area contributed by atoms with E-state index in [0.29, 0.717) is 0 Å². The van der Waals surface area contributed by atoms with Gasteiger partial charge in [-0.25, -0.2) is 4.39 Å². The third-order valence-corrected chi connectivity index (χ3v) is 1.84. The smallest absolute Gasteiger partial charge is 0.126 e. The Hall–Kier alpha value is -0.890. The minimum absolute atomic E-state index is 0.141. The van der Waals surface area contributed by atoms with Crippen LogP contribution in [0.25, 0.3) is 0 Å². The molecular weight excluding hydrogens is 141 g/mol. The van der Waals surface area contributed by atoms with Crippen molar-refractivity contribution in [3.8, 4) is 0 Å². The molecule has 2 heteroatoms. The molecule has 1 aromatic carbocycles. The predicted molar refractivity (Wildman–Crippen MR) is 42.4 cm³/mol. The zero-order valence-electron chi connectivity index (χ0n) is 6.89. The van der Waals surface area contributed by atoms with E-state index in [9.17, 15) is 4.39 Å². The molecule has 11 heavy (non-hydrogen) atoms. The van der Waals surface area contributed by atoms with Gasteiger partial charge in [0.15, 0.2) is 0 Å². The number of rotatable bonds is 1. The molecule has 0 bridgehead atoms. The lowest BCUT2D eigenvalue weighted by molar-refractivity contribution is -0.420. The third kappa shape index (κ3) is 1.57. The Balaban J connectivity index is 3.17. The highest BCUT2D eigenvalue weighted by Gasteiger charge is 2.08. The molecule has 0 unspecified atom stereocenters. The summed E-state index contributed by atoms with van der Waals surface area (Å²) in [5, 5.41) is 0. The highest BCUT2D eigenvalue weighted by Crippen LogP contribution is 2.16. The van der Waals surface area contributed by atoms with Gasteiger partial charge in [0.25, 0.3) is 0 Å². The standard InChI is InChI=1S/C9H12FN/c1-6-8(7(2)11)4-3-5-9(6)10/h3-5,7H,11H2,1-2H3/p+1/t7-/m0/s1. The molecule has 0 aliphatic carbocycles. The van der Waals surface area contributed by atoms with Crippen LogP contribution in [0.1, 0.15) is 24.1 Å². The minimum Gasteiger partial charge on any atom is -0.352 e. The molecule has 1 nitrogen and oxygen atoms in total. The van der Waals surface area contributed by atoms with E-state index in [0.717, 1.165) is 11.1 Å². The summed E-state index contributed by atoms with van der Waals surface area (Å²) in [5.74, 6) is -0.141. The Morgan fingerprint density at radius 1 is 1.45 bits per heavy atom. The van der Waals surface area contributed by atoms with Gasteiger partial charge < -0.3 is 5.73 Å². The van der Waals surface area contributed by atoms with Gasteiger partial charge in [-0.1, -0.05) is 12.1 Å². The van der Waals surface area contributed by atoms with Gasteiger partial charge in [-0.15, -0.1) is 0 Å². The van der Waals surface area contributed by atoms with Crippen LogP contribution < -0.4 is 5.73 Å². The quantitative estimate of drug-likeness (QED) is 0.634. The van der Waals surface area contributed by atoms with Crippen LogP contribution in [0.3, 0.4) is 0 Å². The number of halogens is 1. The fraction of sp³-hybridized carbons (Fsp3) is 0.333. The first-order valence-corrected chi connectivity index (χ1v) is 3.71. The van der Waals surface area contributed by atoms with Crippen molar-refractivity contribution in [1.82, 2.24) is 0 Å². The molecule has 0 saturated heterocycles. The largest absolute Gasteiger partial charge is 0.352 e. The van der Waals surface area contributed by atoms with E-state index in [2.05, 4.69) is 5.73 Å². The Morgan fingerprint density at radius 2 is 2.09 bits per heavy atom. The summed E-state index contributed by atoms with van der Waals surface area (Å²) < 4.78 is 12.9. The van der Waals surface area contributed by atoms with Crippen LogP contribution in [0.5, 0.6) is 0 Å². The molecule has 0 fully saturated rings. The van der Waals surface area contributed by atoms with Gasteiger partial charge in [0.1, 0.15) is 11.9 Å². The summed E-state index contributed by atoms with van der Waals surface area (Å²) in [4.78, 5) is 0. The monoisotopic (exact) mass is 154 g/mol. The summed E-state index contributed by atoms with van der Waals surface area (Å²) in [5.41, 5.74) is 5.55. The van der Waals surface area contributed by atoms with E-state index in [-0.39, 0.29) is 11.9 Å². The van der Waals surface area contributed by atoms with Crippen LogP contribution in [0.2, 0.25) is 0 Å². The maximum absolute atomic E-state index is 12.9. The number of hydrogen-bond donors (Lipinski definition) is 1. The molecule has 0 aliphatic rings. The van der Waals surface area contributed by atoms with Crippen molar-refractivity contribution in [3.05, 3.63) is 35.1 Å². The first kappa shape index (κ1) is 8.21. The molecule has 0 aliphatic heterocycles. The lowest BCUT2D eigenvalue weighted by Gasteiger charge is -2.06. The molecule has 60 valence electrons. The summed E-state index contributed by atoms with van der Waals surface area (Å²) >= 11 is 0. The van der Waals surface area contributed by atoms with E-state index in [1.54, 1.807) is 13.0 Å². The number of hydrogen-bond acceptors (Lipinski definition) is 0. The maximum Gasteiger partial charge on any atom is 0.126 e. The van der Waals surface area contributed by atoms with Gasteiger partial charge in [-0.05, 0) is 25.5 Å². The van der Waals surface area contributed by atoms with Crippen LogP contribution >= 0.6 is 0 Å². The van der Waals surface area contributed by atoms with Crippen molar-refractivity contribution in [2.45, 2.75) is 19.9 Å². The maximum atomic E-state index is 12.9. The van der Waals surface area contributed by atoms with E-state index < -0.39 is 0 Å². The molecule has 0 radical (unpaired) electrons. The van der Waals surface area contributed by atoms with Gasteiger partial charge >= 0.3 is 0 Å². The van der Waals surface area contributed by atoms with Crippen LogP contribution in [-0.2, 0) is 0 Å². The Labute approximate surface area is 66.0 Å². The molecule has 0 amide bonds. The molecule has 1 atom stereocenters. The molecule has 3 N–H and O–H groups in total. The molecular formula is C9H13FN+. The van der Waals surface area contributed by atoms with Crippen molar-refractivity contribution >= 4 is 0 Å². The first-order chi connectivity index (χ1) is 5.13. The van der Waals surface area contributed by atoms with Crippen molar-refractivity contribution < 1.29 is 10.1 Å². The van der Waals surface area contributed by atoms with E-state index in [1.165, 1.54) is 6.07 Å². The number of benzene rings is 1. The average Bonchev–Trinajstić information content (AvgIpc) is 1.94. The molecule has 1 rings (SSSR count). The highest BCUT2D eigenvalue weighted by molar-refractivity contribution is 5.28. The second-order valence-corrected chi connectivity index (χ2v) is 2.86. The van der Waals surface area contributed by atoms with Gasteiger partial charge in [0.2, 0.25) is 0 Å². The van der Waals surface area contributed by atoms with Crippen molar-refractivity contribution in [2.75, 3.05) is 0 Å². The zero-order chi connectivity index (χ0) is 8.43. The summed E-state index contributed by atoms with van der Waals surface area (Å²) in [6.45, 7) is 3.74. The predicted octanol–water partition coefficient (Wildman–Crippen LogP) is 1.44. The van der Waals surface area contributed by atoms with Crippen molar-refractivity contribution in [3.63, 3.8) is 0 Å². The molecule has 0 aromatic heterocycles. The fourth-order valence-corrected chi connectivity index (χ4v) is 1.16. The van der Waals surface area contributed by atoms with E-state index in [4.69, 9.17) is 0 Å². The molecule has 0 saturated carbocycles. The van der Waals surface area contributed by atoms with Crippen molar-refractivity contribution in [1.29, 1.82) is 0 Å². The minimum atomic E-state index is -0.141. The normalized spacial score (nSPS) is 13.1.